The van der Waals surface area contributed by atoms with Crippen LogP contribution < -0.4 is 11.1 Å². The van der Waals surface area contributed by atoms with Crippen LogP contribution in [0.25, 0.3) is 0 Å². The fourth-order valence-electron chi connectivity index (χ4n) is 1.42. The highest BCUT2D eigenvalue weighted by Gasteiger charge is 2.04. The summed E-state index contributed by atoms with van der Waals surface area (Å²) in [6.07, 6.45) is 3.40. The van der Waals surface area contributed by atoms with E-state index in [1.807, 2.05) is 26.0 Å². The second-order valence-corrected chi connectivity index (χ2v) is 3.66. The summed E-state index contributed by atoms with van der Waals surface area (Å²) in [6.45, 7) is 4.49. The zero-order valence-electron chi connectivity index (χ0n) is 11.3. The zero-order valence-corrected chi connectivity index (χ0v) is 11.3. The van der Waals surface area contributed by atoms with Gasteiger partial charge in [0.1, 0.15) is 0 Å². The number of rotatable bonds is 3. The number of carbonyl (C=O) groups is 1. The summed E-state index contributed by atoms with van der Waals surface area (Å²) in [5, 5.41) is 2.83. The van der Waals surface area contributed by atoms with E-state index in [1.165, 1.54) is 0 Å². The Hall–Kier alpha value is -2.36. The number of aromatic nitrogens is 1. The number of carbonyl (C=O) groups excluding carboxylic acids is 1. The van der Waals surface area contributed by atoms with Crippen LogP contribution in [0.4, 0.5) is 5.69 Å². The molecular weight excluding hydrogens is 238 g/mol. The molecule has 2 aromatic rings. The molecule has 0 aliphatic heterocycles. The Labute approximate surface area is 113 Å². The van der Waals surface area contributed by atoms with E-state index in [-0.39, 0.29) is 5.91 Å². The number of benzene rings is 1. The number of pyridine rings is 1. The molecular formula is C15H19N3O. The summed E-state index contributed by atoms with van der Waals surface area (Å²) in [6, 6.07) is 10.6. The minimum Gasteiger partial charge on any atom is -0.399 e. The van der Waals surface area contributed by atoms with E-state index in [2.05, 4.69) is 10.3 Å². The molecule has 0 aliphatic rings. The molecule has 1 aromatic heterocycles. The predicted octanol–water partition coefficient (Wildman–Crippen LogP) is 2.62. The van der Waals surface area contributed by atoms with Gasteiger partial charge in [-0.25, -0.2) is 0 Å². The average Bonchev–Trinajstić information content (AvgIpc) is 2.49. The molecule has 1 heterocycles. The van der Waals surface area contributed by atoms with Gasteiger partial charge < -0.3 is 11.1 Å². The third-order valence-corrected chi connectivity index (χ3v) is 2.38. The van der Waals surface area contributed by atoms with Gasteiger partial charge in [0.15, 0.2) is 0 Å². The molecule has 4 heteroatoms. The average molecular weight is 257 g/mol. The first kappa shape index (κ1) is 14.7. The normalized spacial score (nSPS) is 9.16. The molecule has 19 heavy (non-hydrogen) atoms. The van der Waals surface area contributed by atoms with E-state index < -0.39 is 0 Å². The van der Waals surface area contributed by atoms with Crippen LogP contribution in [0.2, 0.25) is 0 Å². The number of hydrogen-bond acceptors (Lipinski definition) is 3. The van der Waals surface area contributed by atoms with Crippen molar-refractivity contribution in [1.82, 2.24) is 10.3 Å². The Balaban J connectivity index is 0.000000861. The first-order chi connectivity index (χ1) is 9.25. The largest absolute Gasteiger partial charge is 0.399 e. The van der Waals surface area contributed by atoms with E-state index in [1.54, 1.807) is 36.7 Å². The summed E-state index contributed by atoms with van der Waals surface area (Å²) >= 11 is 0. The van der Waals surface area contributed by atoms with Gasteiger partial charge in [-0.15, -0.1) is 0 Å². The Morgan fingerprint density at radius 1 is 1.11 bits per heavy atom. The molecule has 1 amide bonds. The van der Waals surface area contributed by atoms with Crippen molar-refractivity contribution in [3.05, 3.63) is 59.9 Å². The van der Waals surface area contributed by atoms with Gasteiger partial charge >= 0.3 is 0 Å². The molecule has 0 bridgehead atoms. The maximum Gasteiger partial charge on any atom is 0.251 e. The van der Waals surface area contributed by atoms with Crippen molar-refractivity contribution in [1.29, 1.82) is 0 Å². The molecule has 0 spiro atoms. The van der Waals surface area contributed by atoms with Crippen molar-refractivity contribution in [2.24, 2.45) is 0 Å². The Morgan fingerprint density at radius 3 is 2.26 bits per heavy atom. The number of nitrogens with zero attached hydrogens (tertiary/aromatic N) is 1. The highest BCUT2D eigenvalue weighted by atomic mass is 16.1. The van der Waals surface area contributed by atoms with Crippen LogP contribution in [0.5, 0.6) is 0 Å². The molecule has 0 unspecified atom stereocenters. The van der Waals surface area contributed by atoms with Gasteiger partial charge in [0, 0.05) is 30.2 Å². The number of hydrogen-bond donors (Lipinski definition) is 2. The van der Waals surface area contributed by atoms with E-state index >= 15 is 0 Å². The molecule has 2 rings (SSSR count). The molecule has 1 aromatic carbocycles. The van der Waals surface area contributed by atoms with Gasteiger partial charge in [-0.1, -0.05) is 13.8 Å². The summed E-state index contributed by atoms with van der Waals surface area (Å²) in [5.41, 5.74) is 7.82. The molecule has 100 valence electrons. The molecule has 3 N–H and O–H groups in total. The summed E-state index contributed by atoms with van der Waals surface area (Å²) in [4.78, 5) is 15.7. The van der Waals surface area contributed by atoms with Crippen molar-refractivity contribution in [3.8, 4) is 0 Å². The number of amides is 1. The molecule has 0 saturated carbocycles. The number of nitrogen functional groups attached to an aromatic ring is 1. The molecule has 0 radical (unpaired) electrons. The van der Waals surface area contributed by atoms with Crippen molar-refractivity contribution < 1.29 is 4.79 Å². The quantitative estimate of drug-likeness (QED) is 0.830. The Kier molecular flexibility index (Phi) is 6.09. The van der Waals surface area contributed by atoms with E-state index in [0.717, 1.165) is 5.56 Å². The van der Waals surface area contributed by atoms with E-state index in [4.69, 9.17) is 5.73 Å². The van der Waals surface area contributed by atoms with Crippen LogP contribution in [0, 0.1) is 0 Å². The Bertz CT molecular complexity index is 495. The highest BCUT2D eigenvalue weighted by Crippen LogP contribution is 2.05. The summed E-state index contributed by atoms with van der Waals surface area (Å²) in [5.74, 6) is -0.109. The zero-order chi connectivity index (χ0) is 14.1. The van der Waals surface area contributed by atoms with Gasteiger partial charge in [0.05, 0.1) is 0 Å². The van der Waals surface area contributed by atoms with E-state index in [0.29, 0.717) is 17.8 Å². The van der Waals surface area contributed by atoms with E-state index in [9.17, 15) is 4.79 Å². The highest BCUT2D eigenvalue weighted by molar-refractivity contribution is 5.94. The number of nitrogens with two attached hydrogens (primary N) is 1. The molecule has 0 aliphatic carbocycles. The second kappa shape index (κ2) is 7.87. The third kappa shape index (κ3) is 4.79. The molecule has 0 atom stereocenters. The first-order valence-electron chi connectivity index (χ1n) is 6.28. The van der Waals surface area contributed by atoms with Gasteiger partial charge in [-0.2, -0.15) is 0 Å². The van der Waals surface area contributed by atoms with Crippen molar-refractivity contribution in [2.75, 3.05) is 5.73 Å². The molecule has 0 fully saturated rings. The molecule has 4 nitrogen and oxygen atoms in total. The summed E-state index contributed by atoms with van der Waals surface area (Å²) in [7, 11) is 0. The van der Waals surface area contributed by atoms with Crippen molar-refractivity contribution >= 4 is 11.6 Å². The van der Waals surface area contributed by atoms with Crippen LogP contribution in [-0.2, 0) is 6.54 Å². The predicted molar refractivity (Wildman–Crippen MR) is 77.6 cm³/mol. The first-order valence-corrected chi connectivity index (χ1v) is 6.28. The van der Waals surface area contributed by atoms with Crippen LogP contribution in [0.15, 0.2) is 48.8 Å². The van der Waals surface area contributed by atoms with Crippen LogP contribution >= 0.6 is 0 Å². The van der Waals surface area contributed by atoms with Gasteiger partial charge in [-0.05, 0) is 42.0 Å². The number of anilines is 1. The lowest BCUT2D eigenvalue weighted by atomic mass is 10.2. The topological polar surface area (TPSA) is 68.0 Å². The van der Waals surface area contributed by atoms with Gasteiger partial charge in [0.2, 0.25) is 0 Å². The maximum absolute atomic E-state index is 11.8. The monoisotopic (exact) mass is 257 g/mol. The smallest absolute Gasteiger partial charge is 0.251 e. The standard InChI is InChI=1S/C13H13N3O.C2H6/c14-12-3-1-11(2-4-12)13(17)16-9-10-5-7-15-8-6-10;1-2/h1-8H,9,14H2,(H,16,17);1-2H3. The maximum atomic E-state index is 11.8. The van der Waals surface area contributed by atoms with Crippen LogP contribution in [0.3, 0.4) is 0 Å². The second-order valence-electron chi connectivity index (χ2n) is 3.66. The van der Waals surface area contributed by atoms with Crippen LogP contribution in [0.1, 0.15) is 29.8 Å². The fraction of sp³-hybridized carbons (Fsp3) is 0.200. The third-order valence-electron chi connectivity index (χ3n) is 2.38. The van der Waals surface area contributed by atoms with Gasteiger partial charge in [-0.3, -0.25) is 9.78 Å². The lowest BCUT2D eigenvalue weighted by molar-refractivity contribution is 0.0951. The van der Waals surface area contributed by atoms with Gasteiger partial charge in [0.25, 0.3) is 5.91 Å². The minimum atomic E-state index is -0.109. The summed E-state index contributed by atoms with van der Waals surface area (Å²) < 4.78 is 0. The van der Waals surface area contributed by atoms with Crippen molar-refractivity contribution in [2.45, 2.75) is 20.4 Å². The number of nitrogens with one attached hydrogen (secondary N) is 1. The lowest BCUT2D eigenvalue weighted by Gasteiger charge is -2.05. The van der Waals surface area contributed by atoms with Crippen molar-refractivity contribution in [3.63, 3.8) is 0 Å². The Morgan fingerprint density at radius 2 is 1.68 bits per heavy atom. The fourth-order valence-corrected chi connectivity index (χ4v) is 1.42. The minimum absolute atomic E-state index is 0.109. The van der Waals surface area contributed by atoms with Crippen LogP contribution in [-0.4, -0.2) is 10.9 Å². The lowest BCUT2D eigenvalue weighted by Crippen LogP contribution is -2.22. The SMILES string of the molecule is CC.Nc1ccc(C(=O)NCc2ccncc2)cc1. The molecule has 0 saturated heterocycles.